The number of nitrogens with zero attached hydrogens (tertiary/aromatic N) is 2. The number of fused-ring (bicyclic) bond motifs is 2. The fraction of sp³-hybridized carbons (Fsp3) is 0.429. The average molecular weight is 383 g/mol. The number of halogens is 1. The third-order valence-corrected chi connectivity index (χ3v) is 6.17. The van der Waals surface area contributed by atoms with Gasteiger partial charge in [-0.2, -0.15) is 0 Å². The minimum Gasteiger partial charge on any atom is -0.477 e. The van der Waals surface area contributed by atoms with Crippen LogP contribution >= 0.6 is 0 Å². The molecule has 1 unspecified atom stereocenters. The first-order chi connectivity index (χ1) is 13.5. The Morgan fingerprint density at radius 1 is 1.36 bits per heavy atom. The van der Waals surface area contributed by atoms with Crippen LogP contribution in [-0.2, 0) is 0 Å². The molecule has 1 saturated carbocycles. The summed E-state index contributed by atoms with van der Waals surface area (Å²) in [6.07, 6.45) is 6.30. The van der Waals surface area contributed by atoms with Gasteiger partial charge >= 0.3 is 5.97 Å². The number of nitrogens with one attached hydrogen (secondary N) is 1. The van der Waals surface area contributed by atoms with Crippen LogP contribution in [-0.4, -0.2) is 41.2 Å². The predicted molar refractivity (Wildman–Crippen MR) is 104 cm³/mol. The van der Waals surface area contributed by atoms with Gasteiger partial charge in [-0.3, -0.25) is 9.20 Å². The molecule has 4 heterocycles. The highest BCUT2D eigenvalue weighted by molar-refractivity contribution is 5.89. The summed E-state index contributed by atoms with van der Waals surface area (Å²) in [4.78, 5) is 26.2. The van der Waals surface area contributed by atoms with Gasteiger partial charge in [-0.15, -0.1) is 0 Å². The zero-order valence-electron chi connectivity index (χ0n) is 15.7. The quantitative estimate of drug-likeness (QED) is 0.797. The largest absolute Gasteiger partial charge is 0.477 e. The van der Waals surface area contributed by atoms with Gasteiger partial charge in [0.25, 0.3) is 5.56 Å². The van der Waals surface area contributed by atoms with E-state index in [1.54, 1.807) is 0 Å². The zero-order valence-corrected chi connectivity index (χ0v) is 15.7. The van der Waals surface area contributed by atoms with Crippen LogP contribution in [0.3, 0.4) is 0 Å². The van der Waals surface area contributed by atoms with E-state index < -0.39 is 17.3 Å². The van der Waals surface area contributed by atoms with Crippen molar-refractivity contribution in [2.45, 2.75) is 38.1 Å². The van der Waals surface area contributed by atoms with Crippen LogP contribution in [0.1, 0.15) is 46.7 Å². The molecule has 6 nitrogen and oxygen atoms in total. The Kier molecular flexibility index (Phi) is 3.84. The molecule has 0 bridgehead atoms. The molecular formula is C21H22FN3O3. The number of carboxylic acids is 1. The number of aryl methyl sites for hydroxylation is 1. The number of hydrogen-bond acceptors (Lipinski definition) is 4. The minimum absolute atomic E-state index is 0.233. The summed E-state index contributed by atoms with van der Waals surface area (Å²) in [5.74, 6) is -1.53. The highest BCUT2D eigenvalue weighted by Gasteiger charge is 2.34. The van der Waals surface area contributed by atoms with E-state index in [0.717, 1.165) is 31.4 Å². The molecule has 28 heavy (non-hydrogen) atoms. The second kappa shape index (κ2) is 6.17. The Labute approximate surface area is 161 Å². The molecule has 2 aromatic heterocycles. The molecule has 1 saturated heterocycles. The van der Waals surface area contributed by atoms with Gasteiger partial charge in [0.05, 0.1) is 17.4 Å². The standard InChI is InChI=1S/C21H22FN3O3/c1-11-18-14(12-4-5-12)7-15(21(27)28)20(26)25(18)9-16(22)19(11)24-8-13-3-2-6-23-17(13)10-24/h3,7,9,12,17,23H,2,4-6,8,10H2,1H3,(H,27,28). The molecule has 1 atom stereocenters. The van der Waals surface area contributed by atoms with Crippen molar-refractivity contribution in [3.8, 4) is 0 Å². The lowest BCUT2D eigenvalue weighted by atomic mass is 10.0. The Hall–Kier alpha value is -2.67. The molecule has 0 aromatic carbocycles. The summed E-state index contributed by atoms with van der Waals surface area (Å²) in [6, 6.07) is 1.74. The molecule has 5 rings (SSSR count). The van der Waals surface area contributed by atoms with Gasteiger partial charge in [-0.05, 0) is 61.4 Å². The maximum absolute atomic E-state index is 15.2. The molecule has 3 aliphatic rings. The first-order valence-electron chi connectivity index (χ1n) is 9.74. The number of rotatable bonds is 3. The number of aromatic nitrogens is 1. The normalized spacial score (nSPS) is 21.7. The third-order valence-electron chi connectivity index (χ3n) is 6.17. The van der Waals surface area contributed by atoms with Crippen molar-refractivity contribution >= 4 is 17.2 Å². The van der Waals surface area contributed by atoms with E-state index in [4.69, 9.17) is 0 Å². The highest BCUT2D eigenvalue weighted by atomic mass is 19.1. The van der Waals surface area contributed by atoms with E-state index in [1.165, 1.54) is 22.2 Å². The first kappa shape index (κ1) is 17.4. The highest BCUT2D eigenvalue weighted by Crippen LogP contribution is 2.44. The number of carboxylic acid groups (broad SMARTS) is 1. The van der Waals surface area contributed by atoms with Gasteiger partial charge in [0, 0.05) is 19.1 Å². The summed E-state index contributed by atoms with van der Waals surface area (Å²) in [5, 5.41) is 12.9. The molecule has 0 amide bonds. The van der Waals surface area contributed by atoms with E-state index in [2.05, 4.69) is 11.4 Å². The first-order valence-corrected chi connectivity index (χ1v) is 9.74. The van der Waals surface area contributed by atoms with Gasteiger partial charge in [-0.1, -0.05) is 6.08 Å². The number of pyridine rings is 2. The molecule has 2 aromatic rings. The van der Waals surface area contributed by atoms with Crippen molar-refractivity contribution in [1.29, 1.82) is 0 Å². The molecule has 7 heteroatoms. The van der Waals surface area contributed by atoms with E-state index in [1.807, 2.05) is 11.8 Å². The van der Waals surface area contributed by atoms with Crippen molar-refractivity contribution in [2.75, 3.05) is 24.5 Å². The molecule has 2 fully saturated rings. The van der Waals surface area contributed by atoms with Crippen molar-refractivity contribution in [2.24, 2.45) is 0 Å². The monoisotopic (exact) mass is 383 g/mol. The second-order valence-corrected chi connectivity index (χ2v) is 8.02. The Morgan fingerprint density at radius 2 is 2.14 bits per heavy atom. The van der Waals surface area contributed by atoms with E-state index in [0.29, 0.717) is 29.9 Å². The van der Waals surface area contributed by atoms with Crippen molar-refractivity contribution in [3.63, 3.8) is 0 Å². The van der Waals surface area contributed by atoms with Crippen LogP contribution in [0, 0.1) is 12.7 Å². The van der Waals surface area contributed by atoms with Crippen LogP contribution in [0.15, 0.2) is 28.7 Å². The van der Waals surface area contributed by atoms with Crippen LogP contribution in [0.4, 0.5) is 10.1 Å². The van der Waals surface area contributed by atoms with E-state index in [-0.39, 0.29) is 17.5 Å². The van der Waals surface area contributed by atoms with Crippen molar-refractivity contribution < 1.29 is 14.3 Å². The third kappa shape index (κ3) is 2.57. The van der Waals surface area contributed by atoms with Crippen LogP contribution in [0.5, 0.6) is 0 Å². The summed E-state index contributed by atoms with van der Waals surface area (Å²) in [5.41, 5.74) is 3.02. The summed E-state index contributed by atoms with van der Waals surface area (Å²) >= 11 is 0. The van der Waals surface area contributed by atoms with Crippen molar-refractivity contribution in [1.82, 2.24) is 9.72 Å². The molecule has 2 N–H and O–H groups in total. The lowest BCUT2D eigenvalue weighted by molar-refractivity contribution is 0.0694. The Balaban J connectivity index is 1.72. The van der Waals surface area contributed by atoms with E-state index in [9.17, 15) is 14.7 Å². The molecule has 2 aliphatic heterocycles. The number of carbonyl (C=O) groups is 1. The molecule has 0 spiro atoms. The van der Waals surface area contributed by atoms with Crippen LogP contribution in [0.2, 0.25) is 0 Å². The van der Waals surface area contributed by atoms with Gasteiger partial charge < -0.3 is 15.3 Å². The van der Waals surface area contributed by atoms with Crippen LogP contribution < -0.4 is 15.8 Å². The second-order valence-electron chi connectivity index (χ2n) is 8.02. The smallest absolute Gasteiger partial charge is 0.341 e. The Morgan fingerprint density at radius 3 is 2.82 bits per heavy atom. The molecule has 1 aliphatic carbocycles. The maximum atomic E-state index is 15.2. The molecule has 0 radical (unpaired) electrons. The van der Waals surface area contributed by atoms with Gasteiger partial charge in [0.15, 0.2) is 5.82 Å². The lowest BCUT2D eigenvalue weighted by Gasteiger charge is -2.24. The summed E-state index contributed by atoms with van der Waals surface area (Å²) in [6.45, 7) is 4.13. The maximum Gasteiger partial charge on any atom is 0.341 e. The van der Waals surface area contributed by atoms with Gasteiger partial charge in [-0.25, -0.2) is 9.18 Å². The number of anilines is 1. The van der Waals surface area contributed by atoms with Crippen molar-refractivity contribution in [3.05, 3.63) is 56.8 Å². The Bertz CT molecular complexity index is 1100. The molecule has 146 valence electrons. The lowest BCUT2D eigenvalue weighted by Crippen LogP contribution is -2.36. The summed E-state index contributed by atoms with van der Waals surface area (Å²) < 4.78 is 16.4. The van der Waals surface area contributed by atoms with Gasteiger partial charge in [0.1, 0.15) is 5.56 Å². The number of aromatic carboxylic acids is 1. The summed E-state index contributed by atoms with van der Waals surface area (Å²) in [7, 11) is 0. The number of hydrogen-bond donors (Lipinski definition) is 2. The fourth-order valence-corrected chi connectivity index (χ4v) is 4.71. The zero-order chi connectivity index (χ0) is 19.6. The minimum atomic E-state index is -1.27. The van der Waals surface area contributed by atoms with Crippen LogP contribution in [0.25, 0.3) is 5.52 Å². The van der Waals surface area contributed by atoms with E-state index >= 15 is 4.39 Å². The average Bonchev–Trinajstić information content (AvgIpc) is 3.41. The fourth-order valence-electron chi connectivity index (χ4n) is 4.71. The SMILES string of the molecule is Cc1c(N2CC3=CCCNC3C2)c(F)cn2c(=O)c(C(=O)O)cc(C3CC3)c12. The topological polar surface area (TPSA) is 74.0 Å². The predicted octanol–water partition coefficient (Wildman–Crippen LogP) is 2.43. The van der Waals surface area contributed by atoms with Gasteiger partial charge in [0.2, 0.25) is 0 Å². The molecular weight excluding hydrogens is 361 g/mol.